The van der Waals surface area contributed by atoms with Crippen LogP contribution in [0.2, 0.25) is 0 Å². The van der Waals surface area contributed by atoms with E-state index in [1.807, 2.05) is 45.0 Å². The Balaban J connectivity index is 1.73. The summed E-state index contributed by atoms with van der Waals surface area (Å²) in [6.45, 7) is 6.56. The zero-order chi connectivity index (χ0) is 24.2. The highest BCUT2D eigenvalue weighted by molar-refractivity contribution is 5.82. The Morgan fingerprint density at radius 1 is 1.26 bits per heavy atom. The number of nitrogens with zero attached hydrogens (tertiary/aromatic N) is 3. The van der Waals surface area contributed by atoms with Gasteiger partial charge in [0.05, 0.1) is 23.6 Å². The van der Waals surface area contributed by atoms with Gasteiger partial charge in [0.1, 0.15) is 36.1 Å². The molecule has 2 atom stereocenters. The number of carbonyl (C=O) groups is 1. The Bertz CT molecular complexity index is 1160. The summed E-state index contributed by atoms with van der Waals surface area (Å²) in [4.78, 5) is 21.7. The lowest BCUT2D eigenvalue weighted by Crippen LogP contribution is -2.29. The Labute approximate surface area is 197 Å². The molecule has 10 heteroatoms. The van der Waals surface area contributed by atoms with Crippen LogP contribution in [0.15, 0.2) is 28.8 Å². The zero-order valence-electron chi connectivity index (χ0n) is 19.7. The number of likely N-dealkylation sites (N-methyl/N-ethyl adjacent to an activating group) is 1. The molecule has 2 unspecified atom stereocenters. The molecule has 1 saturated heterocycles. The summed E-state index contributed by atoms with van der Waals surface area (Å²) in [5.41, 5.74) is 3.69. The highest BCUT2D eigenvalue weighted by Crippen LogP contribution is 2.34. The van der Waals surface area contributed by atoms with E-state index >= 15 is 0 Å². The molecule has 34 heavy (non-hydrogen) atoms. The quantitative estimate of drug-likeness (QED) is 0.403. The van der Waals surface area contributed by atoms with Gasteiger partial charge >= 0.3 is 5.97 Å². The normalized spacial score (nSPS) is 16.4. The van der Waals surface area contributed by atoms with E-state index in [4.69, 9.17) is 24.0 Å². The third-order valence-corrected chi connectivity index (χ3v) is 5.64. The summed E-state index contributed by atoms with van der Waals surface area (Å²) in [5, 5.41) is 20.2. The predicted octanol–water partition coefficient (Wildman–Crippen LogP) is 2.41. The Morgan fingerprint density at radius 3 is 2.76 bits per heavy atom. The Morgan fingerprint density at radius 2 is 2.09 bits per heavy atom. The molecule has 0 amide bonds. The molecular weight excluding hydrogens is 438 g/mol. The number of hydrogen-bond donors (Lipinski definition) is 3. The maximum atomic E-state index is 12.1. The third-order valence-electron chi connectivity index (χ3n) is 5.64. The van der Waals surface area contributed by atoms with E-state index in [1.165, 1.54) is 0 Å². The van der Waals surface area contributed by atoms with Gasteiger partial charge in [-0.25, -0.2) is 14.8 Å². The van der Waals surface area contributed by atoms with Crippen LogP contribution in [0.4, 0.5) is 5.82 Å². The number of ether oxygens (including phenoxy) is 2. The number of hydrogen-bond acceptors (Lipinski definition) is 10. The number of aryl methyl sites for hydroxylation is 2. The molecule has 0 spiro atoms. The predicted molar refractivity (Wildman–Crippen MR) is 126 cm³/mol. The van der Waals surface area contributed by atoms with Gasteiger partial charge < -0.3 is 29.7 Å². The molecule has 0 aliphatic carbocycles. The first-order valence-corrected chi connectivity index (χ1v) is 11.2. The van der Waals surface area contributed by atoms with Crippen molar-refractivity contribution in [2.24, 2.45) is 0 Å². The number of cyclic esters (lactones) is 1. The molecule has 1 fully saturated rings. The fourth-order valence-corrected chi connectivity index (χ4v) is 3.85. The average molecular weight is 468 g/mol. The first-order valence-electron chi connectivity index (χ1n) is 11.2. The fourth-order valence-electron chi connectivity index (χ4n) is 3.85. The van der Waals surface area contributed by atoms with E-state index < -0.39 is 12.1 Å². The summed E-state index contributed by atoms with van der Waals surface area (Å²) in [7, 11) is 1.77. The van der Waals surface area contributed by atoms with Crippen molar-refractivity contribution in [3.05, 3.63) is 41.3 Å². The molecule has 3 aromatic rings. The monoisotopic (exact) mass is 467 g/mol. The van der Waals surface area contributed by atoms with Crippen molar-refractivity contribution in [2.75, 3.05) is 32.1 Å². The number of aliphatic hydroxyl groups is 1. The maximum absolute atomic E-state index is 12.1. The summed E-state index contributed by atoms with van der Waals surface area (Å²) < 4.78 is 16.2. The first-order chi connectivity index (χ1) is 16.4. The Kier molecular flexibility index (Phi) is 7.09. The van der Waals surface area contributed by atoms with E-state index in [2.05, 4.69) is 15.8 Å². The van der Waals surface area contributed by atoms with E-state index in [-0.39, 0.29) is 12.6 Å². The van der Waals surface area contributed by atoms with E-state index in [0.29, 0.717) is 54.1 Å². The summed E-state index contributed by atoms with van der Waals surface area (Å²) in [6, 6.07) is 6.89. The lowest BCUT2D eigenvalue weighted by atomic mass is 10.0. The molecule has 3 heterocycles. The van der Waals surface area contributed by atoms with Crippen LogP contribution in [0.5, 0.6) is 5.75 Å². The maximum Gasteiger partial charge on any atom is 0.328 e. The summed E-state index contributed by atoms with van der Waals surface area (Å²) >= 11 is 0. The number of aliphatic hydroxyl groups excluding tert-OH is 1. The highest BCUT2D eigenvalue weighted by Gasteiger charge is 2.28. The van der Waals surface area contributed by atoms with Gasteiger partial charge in [-0.1, -0.05) is 17.3 Å². The second kappa shape index (κ2) is 10.2. The van der Waals surface area contributed by atoms with Gasteiger partial charge in [-0.15, -0.1) is 0 Å². The zero-order valence-corrected chi connectivity index (χ0v) is 19.7. The van der Waals surface area contributed by atoms with Gasteiger partial charge in [0.15, 0.2) is 5.82 Å². The first kappa shape index (κ1) is 23.7. The molecule has 0 bridgehead atoms. The van der Waals surface area contributed by atoms with Crippen LogP contribution in [-0.4, -0.2) is 65.2 Å². The van der Waals surface area contributed by atoms with E-state index in [9.17, 15) is 9.90 Å². The van der Waals surface area contributed by atoms with Gasteiger partial charge in [0.2, 0.25) is 0 Å². The van der Waals surface area contributed by atoms with Crippen LogP contribution in [0.3, 0.4) is 0 Å². The Hall–Kier alpha value is -3.50. The minimum absolute atomic E-state index is 0.153. The van der Waals surface area contributed by atoms with Crippen LogP contribution >= 0.6 is 0 Å². The molecule has 1 aromatic carbocycles. The van der Waals surface area contributed by atoms with Gasteiger partial charge in [0, 0.05) is 24.1 Å². The second-order valence-corrected chi connectivity index (χ2v) is 8.27. The number of aromatic nitrogens is 3. The molecule has 0 saturated carbocycles. The van der Waals surface area contributed by atoms with Gasteiger partial charge in [-0.2, -0.15) is 0 Å². The van der Waals surface area contributed by atoms with Crippen LogP contribution in [-0.2, 0) is 9.53 Å². The van der Waals surface area contributed by atoms with Crippen LogP contribution < -0.4 is 15.4 Å². The SMILES string of the molecule is CNCC(O)COc1cccc(-c2nc(NC3CCOC3=O)c(C)c(-c3c(C)noc3C)n2)c1. The van der Waals surface area contributed by atoms with E-state index in [1.54, 1.807) is 7.05 Å². The van der Waals surface area contributed by atoms with E-state index in [0.717, 1.165) is 16.7 Å². The number of anilines is 1. The highest BCUT2D eigenvalue weighted by atomic mass is 16.5. The lowest BCUT2D eigenvalue weighted by molar-refractivity contribution is -0.138. The van der Waals surface area contributed by atoms with Crippen molar-refractivity contribution in [1.82, 2.24) is 20.4 Å². The molecular formula is C24H29N5O5. The molecule has 2 aromatic heterocycles. The average Bonchev–Trinajstić information content (AvgIpc) is 3.38. The molecule has 180 valence electrons. The molecule has 1 aliphatic heterocycles. The summed E-state index contributed by atoms with van der Waals surface area (Å²) in [5.74, 6) is 1.93. The topological polar surface area (TPSA) is 132 Å². The number of esters is 1. The standard InChI is InChI=1S/C24H29N5O5/c1-13-21(20-14(2)29-34-15(20)3)27-23(28-22(13)26-19-8-9-32-24(19)31)16-6-5-7-18(10-16)33-12-17(30)11-25-4/h5-7,10,17,19,25,30H,8-9,11-12H2,1-4H3,(H,26,27,28). The minimum atomic E-state index is -0.627. The van der Waals surface area contributed by atoms with Gasteiger partial charge in [-0.3, -0.25) is 0 Å². The number of carbonyl (C=O) groups excluding carboxylic acids is 1. The lowest BCUT2D eigenvalue weighted by Gasteiger charge is -2.17. The van der Waals surface area contributed by atoms with Crippen molar-refractivity contribution in [1.29, 1.82) is 0 Å². The second-order valence-electron chi connectivity index (χ2n) is 8.27. The smallest absolute Gasteiger partial charge is 0.328 e. The molecule has 4 rings (SSSR count). The summed E-state index contributed by atoms with van der Waals surface area (Å²) in [6.07, 6.45) is -0.0614. The van der Waals surface area contributed by atoms with Crippen LogP contribution in [0.25, 0.3) is 22.6 Å². The van der Waals surface area contributed by atoms with Gasteiger partial charge in [0.25, 0.3) is 0 Å². The molecule has 1 aliphatic rings. The minimum Gasteiger partial charge on any atom is -0.491 e. The third kappa shape index (κ3) is 5.02. The molecule has 0 radical (unpaired) electrons. The number of nitrogens with one attached hydrogen (secondary N) is 2. The number of rotatable bonds is 9. The van der Waals surface area contributed by atoms with Crippen molar-refractivity contribution in [3.8, 4) is 28.4 Å². The van der Waals surface area contributed by atoms with Crippen molar-refractivity contribution in [2.45, 2.75) is 39.3 Å². The molecule has 10 nitrogen and oxygen atoms in total. The van der Waals surface area contributed by atoms with Crippen LogP contribution in [0.1, 0.15) is 23.4 Å². The fraction of sp³-hybridized carbons (Fsp3) is 0.417. The van der Waals surface area contributed by atoms with Gasteiger partial charge in [-0.05, 0) is 40.0 Å². The van der Waals surface area contributed by atoms with Crippen molar-refractivity contribution in [3.63, 3.8) is 0 Å². The van der Waals surface area contributed by atoms with Crippen LogP contribution in [0, 0.1) is 20.8 Å². The van der Waals surface area contributed by atoms with Crippen molar-refractivity contribution < 1.29 is 23.9 Å². The number of benzene rings is 1. The molecule has 3 N–H and O–H groups in total. The van der Waals surface area contributed by atoms with Crippen molar-refractivity contribution >= 4 is 11.8 Å². The largest absolute Gasteiger partial charge is 0.491 e.